The molecule has 1 unspecified atom stereocenters. The monoisotopic (exact) mass is 272 g/mol. The van der Waals surface area contributed by atoms with Gasteiger partial charge in [-0.2, -0.15) is 0 Å². The van der Waals surface area contributed by atoms with Crippen LogP contribution in [0.3, 0.4) is 0 Å². The van der Waals surface area contributed by atoms with Crippen LogP contribution in [0.5, 0.6) is 0 Å². The van der Waals surface area contributed by atoms with Gasteiger partial charge in [0.25, 0.3) is 0 Å². The van der Waals surface area contributed by atoms with Crippen LogP contribution in [-0.2, 0) is 4.79 Å². The second-order valence-electron chi connectivity index (χ2n) is 4.62. The molecule has 1 amide bonds. The Bertz CT molecular complexity index is 578. The van der Waals surface area contributed by atoms with Crippen molar-refractivity contribution in [1.29, 1.82) is 0 Å². The number of amides is 1. The van der Waals surface area contributed by atoms with Crippen molar-refractivity contribution < 1.29 is 9.18 Å². The fourth-order valence-corrected chi connectivity index (χ4v) is 2.08. The number of carbonyl (C=O) groups is 1. The van der Waals surface area contributed by atoms with E-state index < -0.39 is 11.7 Å². The number of carbonyl (C=O) groups excluding carboxylic acids is 1. The van der Waals surface area contributed by atoms with Gasteiger partial charge in [0.2, 0.25) is 5.91 Å². The lowest BCUT2D eigenvalue weighted by Gasteiger charge is -2.16. The molecule has 0 saturated heterocycles. The Morgan fingerprint density at radius 2 is 1.90 bits per heavy atom. The fraction of sp³-hybridized carbons (Fsp3) is 0.188. The van der Waals surface area contributed by atoms with Crippen LogP contribution in [0.2, 0.25) is 0 Å². The van der Waals surface area contributed by atoms with Crippen molar-refractivity contribution in [2.24, 2.45) is 5.73 Å². The molecule has 0 bridgehead atoms. The van der Waals surface area contributed by atoms with E-state index >= 15 is 0 Å². The number of hydrogen-bond acceptors (Lipinski definition) is 2. The maximum atomic E-state index is 13.7. The van der Waals surface area contributed by atoms with E-state index in [2.05, 4.69) is 5.32 Å². The number of aryl methyl sites for hydroxylation is 1. The Balaban J connectivity index is 2.23. The molecule has 3 nitrogen and oxygen atoms in total. The lowest BCUT2D eigenvalue weighted by atomic mass is 9.98. The summed E-state index contributed by atoms with van der Waals surface area (Å²) in [7, 11) is 0. The van der Waals surface area contributed by atoms with Crippen LogP contribution >= 0.6 is 0 Å². The molecule has 0 radical (unpaired) electrons. The third-order valence-electron chi connectivity index (χ3n) is 3.22. The summed E-state index contributed by atoms with van der Waals surface area (Å²) < 4.78 is 13.7. The number of rotatable bonds is 4. The van der Waals surface area contributed by atoms with Gasteiger partial charge in [0, 0.05) is 6.54 Å². The molecule has 0 aliphatic rings. The first-order valence-corrected chi connectivity index (χ1v) is 6.44. The smallest absolute Gasteiger partial charge is 0.233 e. The largest absolute Gasteiger partial charge is 0.329 e. The number of anilines is 1. The lowest BCUT2D eigenvalue weighted by molar-refractivity contribution is -0.117. The predicted octanol–water partition coefficient (Wildman–Crippen LogP) is 2.82. The van der Waals surface area contributed by atoms with Gasteiger partial charge in [0.1, 0.15) is 5.82 Å². The van der Waals surface area contributed by atoms with E-state index in [9.17, 15) is 9.18 Å². The van der Waals surface area contributed by atoms with Gasteiger partial charge in [0.15, 0.2) is 0 Å². The quantitative estimate of drug-likeness (QED) is 0.899. The van der Waals surface area contributed by atoms with Gasteiger partial charge in [-0.05, 0) is 24.1 Å². The SMILES string of the molecule is Cc1cccc(F)c1NC(=O)C(CN)c1ccccc1. The van der Waals surface area contributed by atoms with E-state index in [4.69, 9.17) is 5.73 Å². The van der Waals surface area contributed by atoms with Gasteiger partial charge >= 0.3 is 0 Å². The molecule has 2 aromatic carbocycles. The van der Waals surface area contributed by atoms with Crippen LogP contribution < -0.4 is 11.1 Å². The number of benzene rings is 2. The molecule has 0 aliphatic carbocycles. The van der Waals surface area contributed by atoms with Crippen molar-refractivity contribution in [1.82, 2.24) is 0 Å². The van der Waals surface area contributed by atoms with Crippen molar-refractivity contribution in [2.45, 2.75) is 12.8 Å². The maximum Gasteiger partial charge on any atom is 0.233 e. The Morgan fingerprint density at radius 1 is 1.20 bits per heavy atom. The van der Waals surface area contributed by atoms with Crippen LogP contribution in [0.4, 0.5) is 10.1 Å². The molecule has 104 valence electrons. The van der Waals surface area contributed by atoms with E-state index in [1.807, 2.05) is 30.3 Å². The summed E-state index contributed by atoms with van der Waals surface area (Å²) in [6.45, 7) is 1.92. The summed E-state index contributed by atoms with van der Waals surface area (Å²) in [5.41, 5.74) is 7.40. The number of nitrogens with two attached hydrogens (primary N) is 1. The molecule has 20 heavy (non-hydrogen) atoms. The van der Waals surface area contributed by atoms with Crippen molar-refractivity contribution in [3.8, 4) is 0 Å². The molecule has 2 rings (SSSR count). The van der Waals surface area contributed by atoms with Crippen LogP contribution in [0.1, 0.15) is 17.0 Å². The third-order valence-corrected chi connectivity index (χ3v) is 3.22. The topological polar surface area (TPSA) is 55.1 Å². The Kier molecular flexibility index (Phi) is 4.48. The zero-order valence-corrected chi connectivity index (χ0v) is 11.3. The predicted molar refractivity (Wildman–Crippen MR) is 78.0 cm³/mol. The molecule has 3 N–H and O–H groups in total. The minimum atomic E-state index is -0.491. The molecule has 0 heterocycles. The van der Waals surface area contributed by atoms with Crippen LogP contribution in [-0.4, -0.2) is 12.5 Å². The first kappa shape index (κ1) is 14.2. The van der Waals surface area contributed by atoms with Gasteiger partial charge in [-0.1, -0.05) is 42.5 Å². The highest BCUT2D eigenvalue weighted by Gasteiger charge is 2.20. The second kappa shape index (κ2) is 6.30. The molecule has 0 spiro atoms. The molecule has 0 saturated carbocycles. The van der Waals surface area contributed by atoms with Crippen molar-refractivity contribution in [2.75, 3.05) is 11.9 Å². The number of halogens is 1. The van der Waals surface area contributed by atoms with Crippen LogP contribution in [0.15, 0.2) is 48.5 Å². The van der Waals surface area contributed by atoms with Crippen LogP contribution in [0.25, 0.3) is 0 Å². The van der Waals surface area contributed by atoms with Gasteiger partial charge in [-0.15, -0.1) is 0 Å². The number of nitrogens with one attached hydrogen (secondary N) is 1. The molecule has 2 aromatic rings. The Morgan fingerprint density at radius 3 is 2.50 bits per heavy atom. The summed E-state index contributed by atoms with van der Waals surface area (Å²) in [6, 6.07) is 13.9. The highest BCUT2D eigenvalue weighted by molar-refractivity contribution is 5.96. The average molecular weight is 272 g/mol. The second-order valence-corrected chi connectivity index (χ2v) is 4.62. The molecule has 1 atom stereocenters. The first-order valence-electron chi connectivity index (χ1n) is 6.44. The van der Waals surface area contributed by atoms with E-state index in [0.717, 1.165) is 5.56 Å². The highest BCUT2D eigenvalue weighted by atomic mass is 19.1. The highest BCUT2D eigenvalue weighted by Crippen LogP contribution is 2.22. The fourth-order valence-electron chi connectivity index (χ4n) is 2.08. The normalized spacial score (nSPS) is 11.9. The van der Waals surface area contributed by atoms with E-state index in [0.29, 0.717) is 5.56 Å². The summed E-state index contributed by atoms with van der Waals surface area (Å²) in [5.74, 6) is -1.23. The van der Waals surface area contributed by atoms with Crippen molar-refractivity contribution in [3.05, 3.63) is 65.5 Å². The van der Waals surface area contributed by atoms with Gasteiger partial charge in [-0.3, -0.25) is 4.79 Å². The molecular formula is C16H17FN2O. The zero-order valence-electron chi connectivity index (χ0n) is 11.3. The van der Waals surface area contributed by atoms with E-state index in [1.165, 1.54) is 6.07 Å². The maximum absolute atomic E-state index is 13.7. The summed E-state index contributed by atoms with van der Waals surface area (Å²) in [5, 5.41) is 2.63. The van der Waals surface area contributed by atoms with Gasteiger partial charge in [0.05, 0.1) is 11.6 Å². The van der Waals surface area contributed by atoms with E-state index in [-0.39, 0.29) is 18.1 Å². The van der Waals surface area contributed by atoms with Crippen molar-refractivity contribution in [3.63, 3.8) is 0 Å². The zero-order chi connectivity index (χ0) is 14.5. The Hall–Kier alpha value is -2.20. The third kappa shape index (κ3) is 3.03. The standard InChI is InChI=1S/C16H17FN2O/c1-11-6-5-9-14(17)15(11)19-16(20)13(10-18)12-7-3-2-4-8-12/h2-9,13H,10,18H2,1H3,(H,19,20). The Labute approximate surface area is 117 Å². The number of hydrogen-bond donors (Lipinski definition) is 2. The van der Waals surface area contributed by atoms with Crippen molar-refractivity contribution >= 4 is 11.6 Å². The van der Waals surface area contributed by atoms with Crippen LogP contribution in [0, 0.1) is 12.7 Å². The molecule has 0 aliphatic heterocycles. The summed E-state index contributed by atoms with van der Waals surface area (Å²) in [4.78, 5) is 12.3. The molecule has 4 heteroatoms. The minimum Gasteiger partial charge on any atom is -0.329 e. The molecule has 0 aromatic heterocycles. The van der Waals surface area contributed by atoms with Gasteiger partial charge in [-0.25, -0.2) is 4.39 Å². The lowest BCUT2D eigenvalue weighted by Crippen LogP contribution is -2.28. The summed E-state index contributed by atoms with van der Waals surface area (Å²) >= 11 is 0. The van der Waals surface area contributed by atoms with E-state index in [1.54, 1.807) is 19.1 Å². The molecule has 0 fully saturated rings. The molecular weight excluding hydrogens is 255 g/mol. The number of para-hydroxylation sites is 1. The summed E-state index contributed by atoms with van der Waals surface area (Å²) in [6.07, 6.45) is 0. The minimum absolute atomic E-state index is 0.170. The first-order chi connectivity index (χ1) is 9.63. The van der Waals surface area contributed by atoms with Gasteiger partial charge < -0.3 is 11.1 Å². The average Bonchev–Trinajstić information content (AvgIpc) is 2.45.